The minimum Gasteiger partial charge on any atom is -0.319 e. The van der Waals surface area contributed by atoms with Gasteiger partial charge in [-0.15, -0.1) is 0 Å². The van der Waals surface area contributed by atoms with Gasteiger partial charge in [-0.25, -0.2) is 0 Å². The Morgan fingerprint density at radius 1 is 1.25 bits per heavy atom. The van der Waals surface area contributed by atoms with Crippen molar-refractivity contribution in [2.45, 2.75) is 12.8 Å². The van der Waals surface area contributed by atoms with Gasteiger partial charge in [0, 0.05) is 13.1 Å². The van der Waals surface area contributed by atoms with E-state index in [9.17, 15) is 0 Å². The van der Waals surface area contributed by atoms with Crippen LogP contribution in [0.5, 0.6) is 0 Å². The Kier molecular flexibility index (Phi) is 2.37. The van der Waals surface area contributed by atoms with Crippen molar-refractivity contribution in [1.29, 1.82) is 0 Å². The molecule has 1 aliphatic carbocycles. The van der Waals surface area contributed by atoms with Crippen LogP contribution in [0.25, 0.3) is 0 Å². The van der Waals surface area contributed by atoms with Crippen molar-refractivity contribution in [2.24, 2.45) is 17.8 Å². The summed E-state index contributed by atoms with van der Waals surface area (Å²) in [6.07, 6.45) is 2.94. The van der Waals surface area contributed by atoms with Crippen LogP contribution >= 0.6 is 0 Å². The fourth-order valence-corrected chi connectivity index (χ4v) is 3.12. The summed E-state index contributed by atoms with van der Waals surface area (Å²) < 4.78 is 0. The zero-order valence-corrected chi connectivity index (χ0v) is 8.21. The number of hydrogen-bond donors (Lipinski definition) is 1. The van der Waals surface area contributed by atoms with Gasteiger partial charge in [0.05, 0.1) is 0 Å². The van der Waals surface area contributed by atoms with E-state index in [2.05, 4.69) is 24.3 Å². The smallest absolute Gasteiger partial charge is 0.000996 e. The number of rotatable bonds is 2. The predicted octanol–water partition coefficient (Wildman–Crippen LogP) is 0.794. The molecule has 0 spiro atoms. The average molecular weight is 168 g/mol. The van der Waals surface area contributed by atoms with Crippen molar-refractivity contribution >= 4 is 0 Å². The first-order valence-electron chi connectivity index (χ1n) is 5.12. The molecule has 0 radical (unpaired) electrons. The van der Waals surface area contributed by atoms with Gasteiger partial charge in [0.25, 0.3) is 0 Å². The molecule has 1 heterocycles. The van der Waals surface area contributed by atoms with Crippen molar-refractivity contribution in [3.63, 3.8) is 0 Å². The molecule has 0 aromatic heterocycles. The Morgan fingerprint density at radius 2 is 1.83 bits per heavy atom. The molecule has 1 saturated carbocycles. The van der Waals surface area contributed by atoms with E-state index in [1.165, 1.54) is 32.5 Å². The van der Waals surface area contributed by atoms with E-state index in [4.69, 9.17) is 0 Å². The minimum absolute atomic E-state index is 0.971. The molecule has 2 heteroatoms. The molecular weight excluding hydrogens is 148 g/mol. The summed E-state index contributed by atoms with van der Waals surface area (Å²) in [6, 6.07) is 0. The standard InChI is InChI=1S/C10H20N2/c1-11-5-8-3-9-6-12(2)7-10(9)4-8/h8-11H,3-7H2,1-2H3. The lowest BCUT2D eigenvalue weighted by molar-refractivity contribution is 0.351. The maximum atomic E-state index is 3.30. The molecule has 2 aliphatic rings. The maximum absolute atomic E-state index is 3.30. The van der Waals surface area contributed by atoms with Crippen LogP contribution in [0.15, 0.2) is 0 Å². The van der Waals surface area contributed by atoms with Gasteiger partial charge in [0.15, 0.2) is 0 Å². The summed E-state index contributed by atoms with van der Waals surface area (Å²) in [7, 11) is 4.33. The fraction of sp³-hybridized carbons (Fsp3) is 1.00. The zero-order valence-electron chi connectivity index (χ0n) is 8.21. The Morgan fingerprint density at radius 3 is 2.33 bits per heavy atom. The van der Waals surface area contributed by atoms with E-state index in [-0.39, 0.29) is 0 Å². The molecule has 1 N–H and O–H groups in total. The minimum atomic E-state index is 0.971. The van der Waals surface area contributed by atoms with Crippen LogP contribution in [0, 0.1) is 17.8 Å². The van der Waals surface area contributed by atoms with Crippen LogP contribution in [-0.4, -0.2) is 38.6 Å². The second-order valence-corrected chi connectivity index (χ2v) is 4.64. The molecule has 1 saturated heterocycles. The van der Waals surface area contributed by atoms with Gasteiger partial charge in [0.1, 0.15) is 0 Å². The van der Waals surface area contributed by atoms with Gasteiger partial charge in [-0.05, 0) is 51.2 Å². The van der Waals surface area contributed by atoms with Crippen LogP contribution in [0.4, 0.5) is 0 Å². The highest BCUT2D eigenvalue weighted by Crippen LogP contribution is 2.40. The van der Waals surface area contributed by atoms with E-state index in [1.807, 2.05) is 0 Å². The molecule has 70 valence electrons. The lowest BCUT2D eigenvalue weighted by Crippen LogP contribution is -2.21. The summed E-state index contributed by atoms with van der Waals surface area (Å²) in [5, 5.41) is 3.30. The normalized spacial score (nSPS) is 42.0. The predicted molar refractivity (Wildman–Crippen MR) is 51.1 cm³/mol. The summed E-state index contributed by atoms with van der Waals surface area (Å²) in [5.74, 6) is 3.01. The highest BCUT2D eigenvalue weighted by Gasteiger charge is 2.38. The van der Waals surface area contributed by atoms with Crippen molar-refractivity contribution in [3.05, 3.63) is 0 Å². The maximum Gasteiger partial charge on any atom is 0.000996 e. The lowest BCUT2D eigenvalue weighted by Gasteiger charge is -2.13. The Labute approximate surface area is 75.3 Å². The van der Waals surface area contributed by atoms with Crippen LogP contribution in [0.2, 0.25) is 0 Å². The Hall–Kier alpha value is -0.0800. The van der Waals surface area contributed by atoms with Crippen molar-refractivity contribution in [3.8, 4) is 0 Å². The number of hydrogen-bond acceptors (Lipinski definition) is 2. The number of nitrogens with zero attached hydrogens (tertiary/aromatic N) is 1. The van der Waals surface area contributed by atoms with Crippen LogP contribution in [0.1, 0.15) is 12.8 Å². The van der Waals surface area contributed by atoms with E-state index in [0.29, 0.717) is 0 Å². The average Bonchev–Trinajstić information content (AvgIpc) is 2.44. The first-order chi connectivity index (χ1) is 5.79. The molecule has 2 fully saturated rings. The number of fused-ring (bicyclic) bond motifs is 1. The molecule has 0 aromatic rings. The topological polar surface area (TPSA) is 15.3 Å². The second kappa shape index (κ2) is 3.35. The van der Waals surface area contributed by atoms with E-state index in [1.54, 1.807) is 0 Å². The van der Waals surface area contributed by atoms with Gasteiger partial charge in [-0.1, -0.05) is 0 Å². The third-order valence-corrected chi connectivity index (χ3v) is 3.52. The molecule has 0 amide bonds. The molecule has 0 aromatic carbocycles. The van der Waals surface area contributed by atoms with Gasteiger partial charge in [0.2, 0.25) is 0 Å². The summed E-state index contributed by atoms with van der Waals surface area (Å²) in [5.41, 5.74) is 0. The Bertz CT molecular complexity index is 144. The van der Waals surface area contributed by atoms with Crippen LogP contribution in [-0.2, 0) is 0 Å². The molecule has 0 bridgehead atoms. The summed E-state index contributed by atoms with van der Waals surface area (Å²) in [4.78, 5) is 2.49. The number of nitrogens with one attached hydrogen (secondary N) is 1. The second-order valence-electron chi connectivity index (χ2n) is 4.64. The highest BCUT2D eigenvalue weighted by molar-refractivity contribution is 4.91. The summed E-state index contributed by atoms with van der Waals surface area (Å²) >= 11 is 0. The quantitative estimate of drug-likeness (QED) is 0.656. The highest BCUT2D eigenvalue weighted by atomic mass is 15.1. The third kappa shape index (κ3) is 1.50. The molecule has 12 heavy (non-hydrogen) atoms. The molecular formula is C10H20N2. The Balaban J connectivity index is 1.85. The molecule has 2 nitrogen and oxygen atoms in total. The lowest BCUT2D eigenvalue weighted by atomic mass is 10.0. The van der Waals surface area contributed by atoms with E-state index in [0.717, 1.165) is 17.8 Å². The van der Waals surface area contributed by atoms with Crippen molar-refractivity contribution in [1.82, 2.24) is 10.2 Å². The van der Waals surface area contributed by atoms with Gasteiger partial charge >= 0.3 is 0 Å². The van der Waals surface area contributed by atoms with Gasteiger partial charge < -0.3 is 10.2 Å². The third-order valence-electron chi connectivity index (χ3n) is 3.52. The van der Waals surface area contributed by atoms with E-state index >= 15 is 0 Å². The number of likely N-dealkylation sites (tertiary alicyclic amines) is 1. The molecule has 2 unspecified atom stereocenters. The summed E-state index contributed by atoms with van der Waals surface area (Å²) in [6.45, 7) is 3.94. The van der Waals surface area contributed by atoms with Crippen LogP contribution in [0.3, 0.4) is 0 Å². The first-order valence-corrected chi connectivity index (χ1v) is 5.12. The monoisotopic (exact) mass is 168 g/mol. The first kappa shape index (κ1) is 8.52. The van der Waals surface area contributed by atoms with Crippen molar-refractivity contribution < 1.29 is 0 Å². The molecule has 1 aliphatic heterocycles. The van der Waals surface area contributed by atoms with E-state index < -0.39 is 0 Å². The van der Waals surface area contributed by atoms with Crippen molar-refractivity contribution in [2.75, 3.05) is 33.7 Å². The molecule has 2 atom stereocenters. The van der Waals surface area contributed by atoms with Crippen LogP contribution < -0.4 is 5.32 Å². The molecule has 2 rings (SSSR count). The zero-order chi connectivity index (χ0) is 8.55. The fourth-order valence-electron chi connectivity index (χ4n) is 3.12. The largest absolute Gasteiger partial charge is 0.319 e. The van der Waals surface area contributed by atoms with Gasteiger partial charge in [-0.2, -0.15) is 0 Å². The SMILES string of the molecule is CNCC1CC2CN(C)CC2C1. The van der Waals surface area contributed by atoms with Gasteiger partial charge in [-0.3, -0.25) is 0 Å².